The van der Waals surface area contributed by atoms with E-state index >= 15 is 0 Å². The molecule has 0 saturated carbocycles. The summed E-state index contributed by atoms with van der Waals surface area (Å²) >= 11 is 6.31. The highest BCUT2D eigenvalue weighted by Crippen LogP contribution is 2.30. The first-order chi connectivity index (χ1) is 18.2. The summed E-state index contributed by atoms with van der Waals surface area (Å²) in [5.74, 6) is -0.920. The van der Waals surface area contributed by atoms with Crippen molar-refractivity contribution < 1.29 is 32.6 Å². The molecule has 0 aliphatic carbocycles. The number of benzene rings is 3. The Balaban J connectivity index is 1.62. The quantitative estimate of drug-likeness (QED) is 0.262. The second-order valence-electron chi connectivity index (χ2n) is 9.65. The molecule has 0 spiro atoms. The lowest BCUT2D eigenvalue weighted by molar-refractivity contribution is -0.274. The number of rotatable bonds is 6. The molecule has 2 N–H and O–H groups in total. The fraction of sp³-hybridized carbons (Fsp3) is 0.222. The lowest BCUT2D eigenvalue weighted by Gasteiger charge is -2.33. The molecule has 8 nitrogen and oxygen atoms in total. The molecule has 2 amide bonds. The van der Waals surface area contributed by atoms with Crippen molar-refractivity contribution in [2.45, 2.75) is 39.2 Å². The highest BCUT2D eigenvalue weighted by atomic mass is 35.5. The van der Waals surface area contributed by atoms with E-state index in [1.807, 2.05) is 0 Å². The van der Waals surface area contributed by atoms with Gasteiger partial charge in [0.15, 0.2) is 0 Å². The summed E-state index contributed by atoms with van der Waals surface area (Å²) in [4.78, 5) is 26.2. The Bertz CT molecular complexity index is 1550. The molecule has 4 rings (SSSR count). The van der Waals surface area contributed by atoms with Crippen LogP contribution in [0.15, 0.2) is 66.9 Å². The number of aromatic nitrogens is 2. The molecule has 0 saturated heterocycles. The molecule has 12 heteroatoms. The molecule has 4 aromatic rings. The predicted octanol–water partition coefficient (Wildman–Crippen LogP) is 7.11. The van der Waals surface area contributed by atoms with E-state index in [0.29, 0.717) is 27.8 Å². The minimum Gasteiger partial charge on any atom is -0.465 e. The van der Waals surface area contributed by atoms with Crippen molar-refractivity contribution in [2.75, 3.05) is 5.32 Å². The zero-order valence-electron chi connectivity index (χ0n) is 21.1. The third kappa shape index (κ3) is 6.43. The third-order valence-corrected chi connectivity index (χ3v) is 6.14. The van der Waals surface area contributed by atoms with Crippen LogP contribution in [0.2, 0.25) is 5.02 Å². The average Bonchev–Trinajstić information content (AvgIpc) is 3.27. The van der Waals surface area contributed by atoms with Gasteiger partial charge in [-0.25, -0.2) is 9.48 Å². The number of alkyl halides is 3. The SMILES string of the molecule is CC(C)(C)N(Cc1ccc(Cl)c(C(=O)Nc2cccc3c2cnn3-c2cccc(OC(F)(F)F)c2)c1)C(=O)O. The van der Waals surface area contributed by atoms with E-state index < -0.39 is 29.7 Å². The van der Waals surface area contributed by atoms with E-state index in [-0.39, 0.29) is 17.1 Å². The summed E-state index contributed by atoms with van der Waals surface area (Å²) in [7, 11) is 0. The molecular formula is C27H24ClF3N4O4. The van der Waals surface area contributed by atoms with Gasteiger partial charge >= 0.3 is 12.5 Å². The molecule has 0 aliphatic heterocycles. The number of carboxylic acid groups (broad SMARTS) is 1. The van der Waals surface area contributed by atoms with E-state index in [0.717, 1.165) is 0 Å². The van der Waals surface area contributed by atoms with Crippen LogP contribution in [-0.2, 0) is 6.54 Å². The number of halogens is 4. The van der Waals surface area contributed by atoms with Crippen molar-refractivity contribution in [1.29, 1.82) is 0 Å². The maximum absolute atomic E-state index is 13.2. The van der Waals surface area contributed by atoms with Crippen molar-refractivity contribution in [3.8, 4) is 11.4 Å². The van der Waals surface area contributed by atoms with Crippen LogP contribution in [-0.4, -0.2) is 43.7 Å². The number of amides is 2. The predicted molar refractivity (Wildman–Crippen MR) is 140 cm³/mol. The van der Waals surface area contributed by atoms with Gasteiger partial charge in [0.25, 0.3) is 5.91 Å². The third-order valence-electron chi connectivity index (χ3n) is 5.81. The van der Waals surface area contributed by atoms with Gasteiger partial charge in [-0.3, -0.25) is 9.69 Å². The van der Waals surface area contributed by atoms with E-state index in [1.54, 1.807) is 51.1 Å². The summed E-state index contributed by atoms with van der Waals surface area (Å²) < 4.78 is 43.4. The molecule has 39 heavy (non-hydrogen) atoms. The first kappa shape index (κ1) is 27.8. The zero-order valence-corrected chi connectivity index (χ0v) is 21.8. The Morgan fingerprint density at radius 1 is 1.08 bits per heavy atom. The topological polar surface area (TPSA) is 96.7 Å². The van der Waals surface area contributed by atoms with Crippen molar-refractivity contribution in [3.63, 3.8) is 0 Å². The van der Waals surface area contributed by atoms with Gasteiger partial charge in [0, 0.05) is 23.5 Å². The summed E-state index contributed by atoms with van der Waals surface area (Å²) in [6.07, 6.45) is -4.45. The molecule has 3 aromatic carbocycles. The van der Waals surface area contributed by atoms with Crippen LogP contribution >= 0.6 is 11.6 Å². The number of hydrogen-bond donors (Lipinski definition) is 2. The van der Waals surface area contributed by atoms with E-state index in [2.05, 4.69) is 15.2 Å². The fourth-order valence-electron chi connectivity index (χ4n) is 3.99. The molecular weight excluding hydrogens is 537 g/mol. The van der Waals surface area contributed by atoms with Crippen LogP contribution in [0.5, 0.6) is 5.75 Å². The van der Waals surface area contributed by atoms with Gasteiger partial charge in [-0.1, -0.05) is 29.8 Å². The Labute approximate surface area is 226 Å². The first-order valence-corrected chi connectivity index (χ1v) is 12.0. The Hall–Kier alpha value is -4.25. The Kier molecular flexibility index (Phi) is 7.47. The summed E-state index contributed by atoms with van der Waals surface area (Å²) in [6.45, 7) is 5.36. The van der Waals surface area contributed by atoms with E-state index in [1.165, 1.54) is 46.1 Å². The number of ether oxygens (including phenoxy) is 1. The number of nitrogens with zero attached hydrogens (tertiary/aromatic N) is 3. The number of hydrogen-bond acceptors (Lipinski definition) is 4. The number of carbonyl (C=O) groups is 2. The smallest absolute Gasteiger partial charge is 0.465 e. The lowest BCUT2D eigenvalue weighted by atomic mass is 10.0. The maximum Gasteiger partial charge on any atom is 0.573 e. The van der Waals surface area contributed by atoms with Crippen LogP contribution in [0, 0.1) is 0 Å². The van der Waals surface area contributed by atoms with Crippen LogP contribution in [0.25, 0.3) is 16.6 Å². The number of anilines is 1. The Morgan fingerprint density at radius 3 is 2.46 bits per heavy atom. The van der Waals surface area contributed by atoms with Gasteiger partial charge in [-0.15, -0.1) is 13.2 Å². The van der Waals surface area contributed by atoms with Crippen LogP contribution in [0.1, 0.15) is 36.7 Å². The standard InChI is InChI=1S/C27H24ClF3N4O4/c1-26(2,3)34(25(37)38)15-16-10-11-21(28)19(12-16)24(36)33-22-8-5-9-23-20(22)14-32-35(23)17-6-4-7-18(13-17)39-27(29,30)31/h4-14H,15H2,1-3H3,(H,33,36)(H,37,38). The van der Waals surface area contributed by atoms with Crippen LogP contribution < -0.4 is 10.1 Å². The van der Waals surface area contributed by atoms with Gasteiger partial charge in [0.1, 0.15) is 5.75 Å². The summed E-state index contributed by atoms with van der Waals surface area (Å²) in [5.41, 5.74) is 1.31. The van der Waals surface area contributed by atoms with Crippen LogP contribution in [0.3, 0.4) is 0 Å². The Morgan fingerprint density at radius 2 is 1.79 bits per heavy atom. The molecule has 0 bridgehead atoms. The van der Waals surface area contributed by atoms with Gasteiger partial charge < -0.3 is 15.2 Å². The molecule has 0 fully saturated rings. The highest BCUT2D eigenvalue weighted by Gasteiger charge is 2.31. The van der Waals surface area contributed by atoms with Gasteiger partial charge in [-0.2, -0.15) is 5.10 Å². The second kappa shape index (κ2) is 10.5. The van der Waals surface area contributed by atoms with Crippen molar-refractivity contribution in [3.05, 3.63) is 83.0 Å². The molecule has 1 aromatic heterocycles. The van der Waals surface area contributed by atoms with Crippen molar-refractivity contribution in [1.82, 2.24) is 14.7 Å². The number of fused-ring (bicyclic) bond motifs is 1. The molecule has 0 atom stereocenters. The van der Waals surface area contributed by atoms with Crippen molar-refractivity contribution >= 4 is 40.2 Å². The second-order valence-corrected chi connectivity index (χ2v) is 10.1. The molecule has 0 aliphatic rings. The van der Waals surface area contributed by atoms with Gasteiger partial charge in [0.05, 0.1) is 33.7 Å². The fourth-order valence-corrected chi connectivity index (χ4v) is 4.19. The highest BCUT2D eigenvalue weighted by molar-refractivity contribution is 6.34. The maximum atomic E-state index is 13.2. The minimum atomic E-state index is -4.83. The van der Waals surface area contributed by atoms with Crippen molar-refractivity contribution in [2.24, 2.45) is 0 Å². The normalized spacial score (nSPS) is 11.9. The van der Waals surface area contributed by atoms with Gasteiger partial charge in [-0.05, 0) is 62.7 Å². The lowest BCUT2D eigenvalue weighted by Crippen LogP contribution is -2.44. The monoisotopic (exact) mass is 560 g/mol. The zero-order chi connectivity index (χ0) is 28.5. The molecule has 1 heterocycles. The van der Waals surface area contributed by atoms with E-state index in [4.69, 9.17) is 11.6 Å². The largest absolute Gasteiger partial charge is 0.573 e. The first-order valence-electron chi connectivity index (χ1n) is 11.7. The summed E-state index contributed by atoms with van der Waals surface area (Å²) in [6, 6.07) is 15.1. The molecule has 204 valence electrons. The molecule has 0 unspecified atom stereocenters. The average molecular weight is 561 g/mol. The van der Waals surface area contributed by atoms with Crippen LogP contribution in [0.4, 0.5) is 23.7 Å². The number of nitrogens with one attached hydrogen (secondary N) is 1. The van der Waals surface area contributed by atoms with Gasteiger partial charge in [0.2, 0.25) is 0 Å². The molecule has 0 radical (unpaired) electrons. The van der Waals surface area contributed by atoms with E-state index in [9.17, 15) is 27.9 Å². The minimum absolute atomic E-state index is 0.0513. The summed E-state index contributed by atoms with van der Waals surface area (Å²) in [5, 5.41) is 17.4. The number of carbonyl (C=O) groups excluding carboxylic acids is 1.